The number of hydrogen-bond acceptors (Lipinski definition) is 6. The summed E-state index contributed by atoms with van der Waals surface area (Å²) in [6.45, 7) is 7.47. The van der Waals surface area contributed by atoms with Gasteiger partial charge in [-0.3, -0.25) is 14.6 Å². The third kappa shape index (κ3) is 2.48. The lowest BCUT2D eigenvalue weighted by Crippen LogP contribution is -2.76. The summed E-state index contributed by atoms with van der Waals surface area (Å²) in [5.41, 5.74) is -0.0874. The first-order valence-corrected chi connectivity index (χ1v) is 13.1. The molecule has 1 aromatic carbocycles. The number of benzene rings is 1. The average Bonchev–Trinajstić information content (AvgIpc) is 3.28. The Kier molecular flexibility index (Phi) is 4.79. The molecule has 2 saturated heterocycles. The highest BCUT2D eigenvalue weighted by Gasteiger charge is 2.83. The number of amides is 3. The van der Waals surface area contributed by atoms with E-state index in [1.807, 2.05) is 19.9 Å². The highest BCUT2D eigenvalue weighted by atomic mass is 16.5. The molecule has 8 nitrogen and oxygen atoms in total. The van der Waals surface area contributed by atoms with Crippen molar-refractivity contribution in [3.05, 3.63) is 29.3 Å². The van der Waals surface area contributed by atoms with Gasteiger partial charge in [0.15, 0.2) is 0 Å². The second kappa shape index (κ2) is 7.20. The van der Waals surface area contributed by atoms with E-state index in [9.17, 15) is 14.7 Å². The fourth-order valence-corrected chi connectivity index (χ4v) is 8.90. The summed E-state index contributed by atoms with van der Waals surface area (Å²) < 4.78 is 5.61. The third-order valence-electron chi connectivity index (χ3n) is 10.2. The van der Waals surface area contributed by atoms with E-state index in [1.54, 1.807) is 12.0 Å². The molecular formula is C27H40N4O4. The lowest BCUT2D eigenvalue weighted by molar-refractivity contribution is -0.167. The van der Waals surface area contributed by atoms with E-state index in [2.05, 4.69) is 36.0 Å². The zero-order valence-corrected chi connectivity index (χ0v) is 21.6. The van der Waals surface area contributed by atoms with E-state index in [4.69, 9.17) is 4.74 Å². The molecule has 3 aliphatic carbocycles. The Morgan fingerprint density at radius 2 is 1.91 bits per heavy atom. The smallest absolute Gasteiger partial charge is 0.327 e. The zero-order chi connectivity index (χ0) is 25.0. The molecule has 2 heterocycles. The number of aliphatic hydroxyl groups is 1. The van der Waals surface area contributed by atoms with Crippen LogP contribution in [0.3, 0.4) is 0 Å². The molecule has 2 bridgehead atoms. The molecule has 3 spiro atoms. The van der Waals surface area contributed by atoms with Crippen LogP contribution in [-0.2, 0) is 15.6 Å². The number of nitrogens with zero attached hydrogens (tertiary/aromatic N) is 4. The molecule has 192 valence electrons. The zero-order valence-electron chi connectivity index (χ0n) is 21.6. The number of likely N-dealkylation sites (N-methyl/N-ethyl adjacent to an activating group) is 3. The van der Waals surface area contributed by atoms with Crippen LogP contribution in [0.4, 0.5) is 4.79 Å². The molecule has 0 aromatic heterocycles. The third-order valence-corrected chi connectivity index (χ3v) is 10.2. The molecule has 2 aliphatic heterocycles. The van der Waals surface area contributed by atoms with Gasteiger partial charge < -0.3 is 19.6 Å². The van der Waals surface area contributed by atoms with Crippen LogP contribution in [0.15, 0.2) is 18.2 Å². The van der Waals surface area contributed by atoms with Gasteiger partial charge in [-0.05, 0) is 76.9 Å². The first-order chi connectivity index (χ1) is 16.6. The number of fused-ring (bicyclic) bond motifs is 2. The molecule has 35 heavy (non-hydrogen) atoms. The van der Waals surface area contributed by atoms with Crippen molar-refractivity contribution in [2.45, 2.75) is 67.5 Å². The summed E-state index contributed by atoms with van der Waals surface area (Å²) in [5, 5.41) is 12.7. The van der Waals surface area contributed by atoms with Crippen molar-refractivity contribution in [3.63, 3.8) is 0 Å². The lowest BCUT2D eigenvalue weighted by atomic mass is 9.52. The second-order valence-electron chi connectivity index (χ2n) is 11.7. The van der Waals surface area contributed by atoms with Gasteiger partial charge in [-0.2, -0.15) is 0 Å². The Labute approximate surface area is 209 Å². The Morgan fingerprint density at radius 1 is 1.14 bits per heavy atom. The first kappa shape index (κ1) is 23.3. The Bertz CT molecular complexity index is 1120. The first-order valence-electron chi connectivity index (χ1n) is 13.1. The number of likely N-dealkylation sites (tertiary alicyclic amines) is 1. The number of imide groups is 1. The van der Waals surface area contributed by atoms with E-state index >= 15 is 0 Å². The minimum Gasteiger partial charge on any atom is -0.497 e. The Morgan fingerprint density at radius 3 is 2.57 bits per heavy atom. The van der Waals surface area contributed by atoms with Crippen LogP contribution >= 0.6 is 0 Å². The molecule has 2 saturated carbocycles. The van der Waals surface area contributed by atoms with E-state index in [-0.39, 0.29) is 24.8 Å². The van der Waals surface area contributed by atoms with Crippen LogP contribution in [0.5, 0.6) is 5.75 Å². The number of urea groups is 1. The number of carbonyl (C=O) groups is 2. The van der Waals surface area contributed by atoms with Gasteiger partial charge in [0.1, 0.15) is 11.3 Å². The molecule has 5 atom stereocenters. The average molecular weight is 485 g/mol. The molecule has 1 aromatic rings. The molecule has 5 aliphatic rings. The predicted octanol–water partition coefficient (Wildman–Crippen LogP) is 2.04. The summed E-state index contributed by atoms with van der Waals surface area (Å²) >= 11 is 0. The van der Waals surface area contributed by atoms with E-state index in [1.165, 1.54) is 10.5 Å². The molecule has 3 amide bonds. The molecule has 8 heteroatoms. The standard InChI is InChI=1S/C27H38N4O4.H2/c1-6-30-22(32)26(31(7-2)23(30)33)10-11-27(34)21-24(17-29(21)13-12-28(3)4)15-25(27,16-26)20-14-18(35-5)8-9-19(20)24;/h8-9,14,21,34H,6-7,10-13,15-17H2,1-5H3;1H/t21-,24?,25-,26+,27-;/m1./s1. The SMILES string of the molecule is CCN1C(=O)N(CC)[C@]2(CC[C@@]3(O)[C@@H]4N(CCN(C)C)CC45C[C@@]3(C2)c2cc(OC)ccc25)C1=O.[HH]. The van der Waals surface area contributed by atoms with Crippen LogP contribution in [0.25, 0.3) is 0 Å². The Hall–Kier alpha value is -2.16. The Balaban J connectivity index is 0.00000267. The summed E-state index contributed by atoms with van der Waals surface area (Å²) in [4.78, 5) is 35.0. The summed E-state index contributed by atoms with van der Waals surface area (Å²) in [7, 11) is 5.84. The molecule has 6 rings (SSSR count). The molecule has 1 unspecified atom stereocenters. The van der Waals surface area contributed by atoms with Crippen molar-refractivity contribution < 1.29 is 20.9 Å². The maximum absolute atomic E-state index is 13.9. The monoisotopic (exact) mass is 484 g/mol. The summed E-state index contributed by atoms with van der Waals surface area (Å²) in [5.74, 6) is 0.693. The lowest BCUT2D eigenvalue weighted by Gasteiger charge is -2.64. The van der Waals surface area contributed by atoms with Crippen LogP contribution < -0.4 is 4.74 Å². The van der Waals surface area contributed by atoms with Gasteiger partial charge in [0, 0.05) is 45.0 Å². The molecule has 4 fully saturated rings. The van der Waals surface area contributed by atoms with Crippen molar-refractivity contribution in [1.29, 1.82) is 0 Å². The van der Waals surface area contributed by atoms with Crippen LogP contribution in [0.2, 0.25) is 0 Å². The summed E-state index contributed by atoms with van der Waals surface area (Å²) in [6, 6.07) is 6.18. The van der Waals surface area contributed by atoms with Gasteiger partial charge in [-0.15, -0.1) is 0 Å². The highest BCUT2D eigenvalue weighted by Crippen LogP contribution is 2.75. The number of carbonyl (C=O) groups excluding carboxylic acids is 2. The van der Waals surface area contributed by atoms with Crippen LogP contribution in [0.1, 0.15) is 52.1 Å². The molecular weight excluding hydrogens is 444 g/mol. The topological polar surface area (TPSA) is 76.6 Å². The van der Waals surface area contributed by atoms with Crippen LogP contribution in [0, 0.1) is 0 Å². The maximum Gasteiger partial charge on any atom is 0.327 e. The minimum atomic E-state index is -0.940. The fourth-order valence-electron chi connectivity index (χ4n) is 8.90. The number of methoxy groups -OCH3 is 1. The normalized spacial score (nSPS) is 39.3. The van der Waals surface area contributed by atoms with Crippen molar-refractivity contribution in [1.82, 2.24) is 19.6 Å². The molecule has 1 N–H and O–H groups in total. The quantitative estimate of drug-likeness (QED) is 0.623. The molecule has 0 radical (unpaired) electrons. The number of ether oxygens (including phenoxy) is 1. The predicted molar refractivity (Wildman–Crippen MR) is 134 cm³/mol. The van der Waals surface area contributed by atoms with Crippen molar-refractivity contribution in [2.75, 3.05) is 53.9 Å². The second-order valence-corrected chi connectivity index (χ2v) is 11.7. The fraction of sp³-hybridized carbons (Fsp3) is 0.704. The van der Waals surface area contributed by atoms with E-state index in [0.29, 0.717) is 32.4 Å². The van der Waals surface area contributed by atoms with Gasteiger partial charge in [-0.1, -0.05) is 6.07 Å². The minimum absolute atomic E-state index is 0. The van der Waals surface area contributed by atoms with E-state index in [0.717, 1.165) is 37.4 Å². The van der Waals surface area contributed by atoms with Gasteiger partial charge in [0.05, 0.1) is 18.8 Å². The maximum atomic E-state index is 13.9. The number of rotatable bonds is 6. The highest BCUT2D eigenvalue weighted by molar-refractivity contribution is 6.07. The van der Waals surface area contributed by atoms with Gasteiger partial charge in [0.25, 0.3) is 5.91 Å². The van der Waals surface area contributed by atoms with Crippen molar-refractivity contribution >= 4 is 11.9 Å². The van der Waals surface area contributed by atoms with Gasteiger partial charge in [0.2, 0.25) is 0 Å². The summed E-state index contributed by atoms with van der Waals surface area (Å²) in [6.07, 6.45) is 2.33. The van der Waals surface area contributed by atoms with Gasteiger partial charge >= 0.3 is 6.03 Å². The van der Waals surface area contributed by atoms with Crippen molar-refractivity contribution in [2.24, 2.45) is 0 Å². The van der Waals surface area contributed by atoms with Gasteiger partial charge in [-0.25, -0.2) is 4.79 Å². The number of hydrogen-bond donors (Lipinski definition) is 1. The van der Waals surface area contributed by atoms with E-state index < -0.39 is 16.6 Å². The largest absolute Gasteiger partial charge is 0.497 e. The van der Waals surface area contributed by atoms with Crippen LogP contribution in [-0.4, -0.2) is 108 Å². The van der Waals surface area contributed by atoms with Crippen molar-refractivity contribution in [3.8, 4) is 5.75 Å².